The van der Waals surface area contributed by atoms with Crippen molar-refractivity contribution in [2.75, 3.05) is 20.3 Å². The number of carboxylic acids is 1. The molecule has 0 atom stereocenters. The maximum Gasteiger partial charge on any atom is 0.328 e. The molecule has 1 heterocycles. The SMILES string of the molecule is COCCOc1ccc(/C=C/C(=O)O)c(Oc2ncc([N+](=O)[O-])cc2C)c1. The summed E-state index contributed by atoms with van der Waals surface area (Å²) in [5.41, 5.74) is 0.793. The Morgan fingerprint density at radius 3 is 2.74 bits per heavy atom. The summed E-state index contributed by atoms with van der Waals surface area (Å²) in [7, 11) is 1.56. The van der Waals surface area contributed by atoms with E-state index in [0.717, 1.165) is 12.3 Å². The van der Waals surface area contributed by atoms with Gasteiger partial charge in [-0.1, -0.05) is 0 Å². The highest BCUT2D eigenvalue weighted by Crippen LogP contribution is 2.32. The van der Waals surface area contributed by atoms with Gasteiger partial charge >= 0.3 is 5.97 Å². The molecule has 0 unspecified atom stereocenters. The molecule has 0 saturated carbocycles. The second-order valence-electron chi connectivity index (χ2n) is 5.39. The number of rotatable bonds is 9. The third-order valence-electron chi connectivity index (χ3n) is 3.38. The van der Waals surface area contributed by atoms with Gasteiger partial charge in [-0.15, -0.1) is 0 Å². The highest BCUT2D eigenvalue weighted by Gasteiger charge is 2.13. The van der Waals surface area contributed by atoms with Gasteiger partial charge in [-0.25, -0.2) is 9.78 Å². The Morgan fingerprint density at radius 1 is 1.33 bits per heavy atom. The van der Waals surface area contributed by atoms with Crippen LogP contribution in [0, 0.1) is 17.0 Å². The van der Waals surface area contributed by atoms with Crippen LogP contribution in [-0.2, 0) is 9.53 Å². The molecule has 0 fully saturated rings. The topological polar surface area (TPSA) is 121 Å². The summed E-state index contributed by atoms with van der Waals surface area (Å²) in [5.74, 6) is -0.147. The first-order valence-corrected chi connectivity index (χ1v) is 7.86. The first-order chi connectivity index (χ1) is 12.9. The summed E-state index contributed by atoms with van der Waals surface area (Å²) in [6.07, 6.45) is 3.44. The van der Waals surface area contributed by atoms with Crippen molar-refractivity contribution in [1.29, 1.82) is 0 Å². The fourth-order valence-corrected chi connectivity index (χ4v) is 2.09. The molecule has 9 heteroatoms. The van der Waals surface area contributed by atoms with E-state index in [0.29, 0.717) is 35.8 Å². The first-order valence-electron chi connectivity index (χ1n) is 7.86. The number of nitrogens with zero attached hydrogens (tertiary/aromatic N) is 2. The van der Waals surface area contributed by atoms with Crippen LogP contribution in [0.1, 0.15) is 11.1 Å². The Bertz CT molecular complexity index is 865. The number of pyridine rings is 1. The molecule has 0 saturated heterocycles. The largest absolute Gasteiger partial charge is 0.491 e. The van der Waals surface area contributed by atoms with E-state index in [1.807, 2.05) is 0 Å². The zero-order valence-corrected chi connectivity index (χ0v) is 14.7. The Kier molecular flexibility index (Phi) is 6.84. The standard InChI is InChI=1S/C18H18N2O7/c1-12-9-14(20(23)24)11-19-18(12)27-16-10-15(26-8-7-25-2)5-3-13(16)4-6-17(21)22/h3-6,9-11H,7-8H2,1-2H3,(H,21,22)/b6-4+. The Morgan fingerprint density at radius 2 is 2.11 bits per heavy atom. The van der Waals surface area contributed by atoms with E-state index < -0.39 is 10.9 Å². The number of hydrogen-bond acceptors (Lipinski definition) is 7. The van der Waals surface area contributed by atoms with E-state index >= 15 is 0 Å². The molecule has 142 valence electrons. The lowest BCUT2D eigenvalue weighted by Crippen LogP contribution is -2.04. The van der Waals surface area contributed by atoms with Gasteiger partial charge in [0.1, 0.15) is 24.3 Å². The third kappa shape index (κ3) is 5.79. The lowest BCUT2D eigenvalue weighted by atomic mass is 10.1. The molecule has 0 aliphatic heterocycles. The number of carboxylic acid groups (broad SMARTS) is 1. The van der Waals surface area contributed by atoms with Crippen molar-refractivity contribution in [2.24, 2.45) is 0 Å². The summed E-state index contributed by atoms with van der Waals surface area (Å²) >= 11 is 0. The van der Waals surface area contributed by atoms with Crippen LogP contribution in [0.25, 0.3) is 6.08 Å². The molecule has 0 bridgehead atoms. The molecule has 2 aromatic rings. The number of ether oxygens (including phenoxy) is 3. The summed E-state index contributed by atoms with van der Waals surface area (Å²) in [6.45, 7) is 2.36. The third-order valence-corrected chi connectivity index (χ3v) is 3.38. The van der Waals surface area contributed by atoms with E-state index in [4.69, 9.17) is 19.3 Å². The Hall–Kier alpha value is -3.46. The predicted octanol–water partition coefficient (Wildman–Crippen LogP) is 3.21. The van der Waals surface area contributed by atoms with Crippen LogP contribution < -0.4 is 9.47 Å². The minimum Gasteiger partial charge on any atom is -0.491 e. The van der Waals surface area contributed by atoms with E-state index in [9.17, 15) is 14.9 Å². The van der Waals surface area contributed by atoms with Gasteiger partial charge in [0.2, 0.25) is 5.88 Å². The van der Waals surface area contributed by atoms with Crippen molar-refractivity contribution in [3.05, 3.63) is 57.8 Å². The van der Waals surface area contributed by atoms with E-state index in [1.54, 1.807) is 32.2 Å². The van der Waals surface area contributed by atoms with Crippen LogP contribution in [0.4, 0.5) is 5.69 Å². The molecule has 0 amide bonds. The van der Waals surface area contributed by atoms with Gasteiger partial charge < -0.3 is 19.3 Å². The van der Waals surface area contributed by atoms with Crippen molar-refractivity contribution in [2.45, 2.75) is 6.92 Å². The van der Waals surface area contributed by atoms with Crippen LogP contribution in [0.2, 0.25) is 0 Å². The second-order valence-corrected chi connectivity index (χ2v) is 5.39. The van der Waals surface area contributed by atoms with Crippen molar-refractivity contribution < 1.29 is 29.0 Å². The van der Waals surface area contributed by atoms with Crippen molar-refractivity contribution in [1.82, 2.24) is 4.98 Å². The fraction of sp³-hybridized carbons (Fsp3) is 0.222. The normalized spacial score (nSPS) is 10.7. The lowest BCUT2D eigenvalue weighted by Gasteiger charge is -2.12. The highest BCUT2D eigenvalue weighted by molar-refractivity contribution is 5.86. The average molecular weight is 374 g/mol. The zero-order valence-electron chi connectivity index (χ0n) is 14.7. The van der Waals surface area contributed by atoms with Gasteiger partial charge in [0, 0.05) is 36.4 Å². The fourth-order valence-electron chi connectivity index (χ4n) is 2.09. The summed E-state index contributed by atoms with van der Waals surface area (Å²) in [5, 5.41) is 19.7. The molecule has 1 aromatic carbocycles. The number of hydrogen-bond donors (Lipinski definition) is 1. The van der Waals surface area contributed by atoms with E-state index in [2.05, 4.69) is 4.98 Å². The number of methoxy groups -OCH3 is 1. The van der Waals surface area contributed by atoms with E-state index in [1.165, 1.54) is 12.1 Å². The van der Waals surface area contributed by atoms with Crippen LogP contribution in [0.5, 0.6) is 17.4 Å². The van der Waals surface area contributed by atoms with Crippen molar-refractivity contribution in [3.8, 4) is 17.4 Å². The Labute approximate surface area is 155 Å². The summed E-state index contributed by atoms with van der Waals surface area (Å²) < 4.78 is 16.2. The maximum atomic E-state index is 10.8. The van der Waals surface area contributed by atoms with Crippen molar-refractivity contribution in [3.63, 3.8) is 0 Å². The monoisotopic (exact) mass is 374 g/mol. The maximum absolute atomic E-state index is 10.8. The number of aromatic nitrogens is 1. The smallest absolute Gasteiger partial charge is 0.328 e. The molecule has 1 aromatic heterocycles. The van der Waals surface area contributed by atoms with Crippen LogP contribution in [0.15, 0.2) is 36.5 Å². The predicted molar refractivity (Wildman–Crippen MR) is 96.2 cm³/mol. The molecule has 0 aliphatic carbocycles. The summed E-state index contributed by atoms with van der Waals surface area (Å²) in [6, 6.07) is 6.23. The number of benzene rings is 1. The lowest BCUT2D eigenvalue weighted by molar-refractivity contribution is -0.385. The second kappa shape index (κ2) is 9.30. The molecule has 9 nitrogen and oxygen atoms in total. The van der Waals surface area contributed by atoms with Gasteiger partial charge in [0.05, 0.1) is 11.5 Å². The minimum atomic E-state index is -1.11. The van der Waals surface area contributed by atoms with Gasteiger partial charge in [-0.05, 0) is 25.1 Å². The highest BCUT2D eigenvalue weighted by atomic mass is 16.6. The van der Waals surface area contributed by atoms with Gasteiger partial charge in [0.25, 0.3) is 5.69 Å². The van der Waals surface area contributed by atoms with Gasteiger partial charge in [-0.3, -0.25) is 10.1 Å². The van der Waals surface area contributed by atoms with Gasteiger partial charge in [-0.2, -0.15) is 0 Å². The number of aliphatic carboxylic acids is 1. The summed E-state index contributed by atoms with van der Waals surface area (Å²) in [4.78, 5) is 25.1. The molecule has 27 heavy (non-hydrogen) atoms. The first kappa shape index (κ1) is 19.9. The zero-order chi connectivity index (χ0) is 19.8. The quantitative estimate of drug-likeness (QED) is 0.307. The van der Waals surface area contributed by atoms with Crippen LogP contribution in [0.3, 0.4) is 0 Å². The van der Waals surface area contributed by atoms with Crippen LogP contribution >= 0.6 is 0 Å². The molecule has 1 N–H and O–H groups in total. The number of aryl methyl sites for hydroxylation is 1. The van der Waals surface area contributed by atoms with Gasteiger partial charge in [0.15, 0.2) is 0 Å². The average Bonchev–Trinajstić information content (AvgIpc) is 2.62. The van der Waals surface area contributed by atoms with E-state index in [-0.39, 0.29) is 11.6 Å². The number of carbonyl (C=O) groups is 1. The number of nitro groups is 1. The minimum absolute atomic E-state index is 0.150. The molecule has 0 aliphatic rings. The van der Waals surface area contributed by atoms with Crippen molar-refractivity contribution >= 4 is 17.7 Å². The molecule has 0 radical (unpaired) electrons. The molecular weight excluding hydrogens is 356 g/mol. The Balaban J connectivity index is 2.34. The van der Waals surface area contributed by atoms with Crippen LogP contribution in [-0.4, -0.2) is 41.3 Å². The molecule has 0 spiro atoms. The molecular formula is C18H18N2O7. The molecule has 2 rings (SSSR count).